The molecular weight excluding hydrogens is 312 g/mol. The molecule has 24 heavy (non-hydrogen) atoms. The number of amides is 2. The van der Waals surface area contributed by atoms with Crippen molar-refractivity contribution in [1.29, 1.82) is 0 Å². The van der Waals surface area contributed by atoms with Crippen LogP contribution in [0, 0.1) is 6.92 Å². The maximum absolute atomic E-state index is 12.1. The second kappa shape index (κ2) is 6.45. The number of nitrogens with zero attached hydrogens (tertiary/aromatic N) is 2. The van der Waals surface area contributed by atoms with Crippen molar-refractivity contribution in [1.82, 2.24) is 15.1 Å². The minimum atomic E-state index is -0.416. The highest BCUT2D eigenvalue weighted by Gasteiger charge is 2.16. The third-order valence-electron chi connectivity index (χ3n) is 3.32. The minimum absolute atomic E-state index is 0.176. The maximum Gasteiger partial charge on any atom is 0.292 e. The third kappa shape index (κ3) is 3.37. The van der Waals surface area contributed by atoms with Crippen molar-refractivity contribution in [3.05, 3.63) is 59.6 Å². The van der Waals surface area contributed by atoms with Crippen LogP contribution in [0.2, 0.25) is 0 Å². The van der Waals surface area contributed by atoms with Gasteiger partial charge in [-0.1, -0.05) is 0 Å². The van der Waals surface area contributed by atoms with Crippen LogP contribution < -0.4 is 10.6 Å². The van der Waals surface area contributed by atoms with E-state index in [4.69, 9.17) is 8.83 Å². The Morgan fingerprint density at radius 3 is 2.75 bits per heavy atom. The Morgan fingerprint density at radius 2 is 2.08 bits per heavy atom. The van der Waals surface area contributed by atoms with Gasteiger partial charge in [0.05, 0.1) is 12.8 Å². The molecule has 0 aliphatic rings. The Kier molecular flexibility index (Phi) is 4.19. The van der Waals surface area contributed by atoms with Crippen molar-refractivity contribution in [2.75, 3.05) is 5.32 Å². The normalized spacial score (nSPS) is 10.6. The number of hydrogen-bond acceptors (Lipinski definition) is 5. The first-order chi connectivity index (χ1) is 11.5. The zero-order chi connectivity index (χ0) is 17.1. The van der Waals surface area contributed by atoms with Gasteiger partial charge in [-0.2, -0.15) is 5.10 Å². The molecule has 0 saturated heterocycles. The number of hydrogen-bond donors (Lipinski definition) is 2. The molecule has 0 fully saturated rings. The fraction of sp³-hybridized carbons (Fsp3) is 0.188. The molecule has 8 heteroatoms. The minimum Gasteiger partial charge on any atom is -0.465 e. The number of anilines is 1. The number of nitrogens with one attached hydrogen (secondary N) is 2. The summed E-state index contributed by atoms with van der Waals surface area (Å²) in [5.41, 5.74) is 0.190. The average molecular weight is 328 g/mol. The summed E-state index contributed by atoms with van der Waals surface area (Å²) in [5.74, 6) is 1.22. The predicted molar refractivity (Wildman–Crippen MR) is 84.5 cm³/mol. The van der Waals surface area contributed by atoms with Crippen LogP contribution in [0.4, 0.5) is 5.82 Å². The lowest BCUT2D eigenvalue weighted by molar-refractivity contribution is 0.0941. The highest BCUT2D eigenvalue weighted by atomic mass is 16.3. The SMILES string of the molecule is Cc1ccc(CNC(=O)c2cc(NC(=O)c3ccco3)n(C)n2)o1. The van der Waals surface area contributed by atoms with Crippen LogP contribution in [-0.2, 0) is 13.6 Å². The quantitative estimate of drug-likeness (QED) is 0.746. The van der Waals surface area contributed by atoms with Crippen molar-refractivity contribution in [2.24, 2.45) is 7.05 Å². The highest BCUT2D eigenvalue weighted by molar-refractivity contribution is 6.02. The molecule has 8 nitrogen and oxygen atoms in total. The van der Waals surface area contributed by atoms with Crippen LogP contribution in [0.5, 0.6) is 0 Å². The van der Waals surface area contributed by atoms with Gasteiger partial charge in [0.1, 0.15) is 17.3 Å². The van der Waals surface area contributed by atoms with E-state index < -0.39 is 5.91 Å². The summed E-state index contributed by atoms with van der Waals surface area (Å²) in [5, 5.41) is 9.44. The van der Waals surface area contributed by atoms with Crippen LogP contribution >= 0.6 is 0 Å². The predicted octanol–water partition coefficient (Wildman–Crippen LogP) is 2.10. The Morgan fingerprint density at radius 1 is 1.25 bits per heavy atom. The third-order valence-corrected chi connectivity index (χ3v) is 3.32. The largest absolute Gasteiger partial charge is 0.465 e. The zero-order valence-electron chi connectivity index (χ0n) is 13.2. The summed E-state index contributed by atoms with van der Waals surface area (Å²) >= 11 is 0. The molecule has 0 aromatic carbocycles. The van der Waals surface area contributed by atoms with Crippen molar-refractivity contribution in [3.8, 4) is 0 Å². The number of aromatic nitrogens is 2. The Balaban J connectivity index is 1.64. The van der Waals surface area contributed by atoms with E-state index in [0.717, 1.165) is 5.76 Å². The van der Waals surface area contributed by atoms with Crippen molar-refractivity contribution in [3.63, 3.8) is 0 Å². The molecule has 3 heterocycles. The smallest absolute Gasteiger partial charge is 0.292 e. The Labute approximate surface area is 137 Å². The molecule has 124 valence electrons. The van der Waals surface area contributed by atoms with Crippen LogP contribution in [-0.4, -0.2) is 21.6 Å². The van der Waals surface area contributed by atoms with Crippen molar-refractivity contribution < 1.29 is 18.4 Å². The number of carbonyl (C=O) groups is 2. The monoisotopic (exact) mass is 328 g/mol. The van der Waals surface area contributed by atoms with E-state index in [0.29, 0.717) is 11.6 Å². The van der Waals surface area contributed by atoms with Crippen LogP contribution in [0.3, 0.4) is 0 Å². The number of aryl methyl sites for hydroxylation is 2. The molecular formula is C16H16N4O4. The molecule has 0 atom stereocenters. The molecule has 0 spiro atoms. The van der Waals surface area contributed by atoms with E-state index in [2.05, 4.69) is 15.7 Å². The van der Waals surface area contributed by atoms with E-state index in [9.17, 15) is 9.59 Å². The lowest BCUT2D eigenvalue weighted by atomic mass is 10.3. The van der Waals surface area contributed by atoms with Gasteiger partial charge in [0.25, 0.3) is 11.8 Å². The van der Waals surface area contributed by atoms with Gasteiger partial charge < -0.3 is 19.5 Å². The van der Waals surface area contributed by atoms with Gasteiger partial charge in [-0.3, -0.25) is 14.3 Å². The Bertz CT molecular complexity index is 861. The van der Waals surface area contributed by atoms with Gasteiger partial charge in [0, 0.05) is 13.1 Å². The Hall–Kier alpha value is -3.29. The van der Waals surface area contributed by atoms with E-state index in [1.54, 1.807) is 25.2 Å². The molecule has 0 saturated carbocycles. The summed E-state index contributed by atoms with van der Waals surface area (Å²) in [7, 11) is 1.63. The van der Waals surface area contributed by atoms with Gasteiger partial charge in [-0.15, -0.1) is 0 Å². The average Bonchev–Trinajstić information content (AvgIpc) is 3.27. The number of carbonyl (C=O) groups excluding carboxylic acids is 2. The van der Waals surface area contributed by atoms with Crippen LogP contribution in [0.1, 0.15) is 32.6 Å². The van der Waals surface area contributed by atoms with E-state index in [-0.39, 0.29) is 23.9 Å². The molecule has 2 N–H and O–H groups in total. The van der Waals surface area contributed by atoms with Gasteiger partial charge >= 0.3 is 0 Å². The second-order valence-electron chi connectivity index (χ2n) is 5.16. The molecule has 3 aromatic heterocycles. The first-order valence-electron chi connectivity index (χ1n) is 7.25. The molecule has 0 aliphatic heterocycles. The standard InChI is InChI=1S/C16H16N4O4/c1-10-5-6-11(24-10)9-17-15(21)12-8-14(20(2)19-12)18-16(22)13-4-3-7-23-13/h3-8H,9H2,1-2H3,(H,17,21)(H,18,22). The fourth-order valence-electron chi connectivity index (χ4n) is 2.12. The van der Waals surface area contributed by atoms with Gasteiger partial charge in [0.2, 0.25) is 0 Å². The summed E-state index contributed by atoms with van der Waals surface area (Å²) in [6, 6.07) is 8.27. The summed E-state index contributed by atoms with van der Waals surface area (Å²) < 4.78 is 11.8. The first-order valence-corrected chi connectivity index (χ1v) is 7.25. The topological polar surface area (TPSA) is 102 Å². The molecule has 0 unspecified atom stereocenters. The number of rotatable bonds is 5. The molecule has 0 aliphatic carbocycles. The van der Waals surface area contributed by atoms with Gasteiger partial charge in [-0.25, -0.2) is 0 Å². The zero-order valence-corrected chi connectivity index (χ0v) is 13.2. The molecule has 3 aromatic rings. The number of furan rings is 2. The second-order valence-corrected chi connectivity index (χ2v) is 5.16. The molecule has 3 rings (SSSR count). The van der Waals surface area contributed by atoms with Crippen molar-refractivity contribution >= 4 is 17.6 Å². The van der Waals surface area contributed by atoms with Gasteiger partial charge in [-0.05, 0) is 31.2 Å². The van der Waals surface area contributed by atoms with E-state index in [1.165, 1.54) is 17.0 Å². The molecule has 2 amide bonds. The molecule has 0 bridgehead atoms. The first kappa shape index (κ1) is 15.6. The van der Waals surface area contributed by atoms with Crippen molar-refractivity contribution in [2.45, 2.75) is 13.5 Å². The highest BCUT2D eigenvalue weighted by Crippen LogP contribution is 2.12. The molecule has 0 radical (unpaired) electrons. The van der Waals surface area contributed by atoms with Gasteiger partial charge in [0.15, 0.2) is 11.5 Å². The summed E-state index contributed by atoms with van der Waals surface area (Å²) in [6.45, 7) is 2.09. The summed E-state index contributed by atoms with van der Waals surface area (Å²) in [6.07, 6.45) is 1.41. The van der Waals surface area contributed by atoms with Crippen LogP contribution in [0.25, 0.3) is 0 Å². The maximum atomic E-state index is 12.1. The van der Waals surface area contributed by atoms with Crippen LogP contribution in [0.15, 0.2) is 45.4 Å². The van der Waals surface area contributed by atoms with E-state index in [1.807, 2.05) is 13.0 Å². The lowest BCUT2D eigenvalue weighted by Gasteiger charge is -2.01. The fourth-order valence-corrected chi connectivity index (χ4v) is 2.12. The summed E-state index contributed by atoms with van der Waals surface area (Å²) in [4.78, 5) is 24.1. The lowest BCUT2D eigenvalue weighted by Crippen LogP contribution is -2.23. The van der Waals surface area contributed by atoms with E-state index >= 15 is 0 Å².